The van der Waals surface area contributed by atoms with Gasteiger partial charge in [-0.1, -0.05) is 13.8 Å². The van der Waals surface area contributed by atoms with Crippen LogP contribution in [0.25, 0.3) is 0 Å². The van der Waals surface area contributed by atoms with Crippen LogP contribution >= 0.6 is 0 Å². The number of carbonyl (C=O) groups excluding carboxylic acids is 3. The number of amidine groups is 1. The first kappa shape index (κ1) is 16.8. The molecule has 1 amide bonds. The normalized spacial score (nSPS) is 20.3. The molecule has 1 aromatic rings. The predicted octanol–water partition coefficient (Wildman–Crippen LogP) is 1.28. The minimum Gasteiger partial charge on any atom is -0.465 e. The molecule has 0 fully saturated rings. The number of amides is 1. The van der Waals surface area contributed by atoms with Gasteiger partial charge in [-0.15, -0.1) is 0 Å². The first-order valence-corrected chi connectivity index (χ1v) is 7.21. The third-order valence-electron chi connectivity index (χ3n) is 4.17. The molecule has 2 rings (SSSR count). The number of aromatic nitrogens is 1. The Hall–Kier alpha value is -2.57. The summed E-state index contributed by atoms with van der Waals surface area (Å²) in [4.78, 5) is 44.0. The lowest BCUT2D eigenvalue weighted by molar-refractivity contribution is -0.124. The van der Waals surface area contributed by atoms with Crippen molar-refractivity contribution in [3.05, 3.63) is 28.6 Å². The van der Waals surface area contributed by atoms with Gasteiger partial charge in [-0.2, -0.15) is 0 Å². The zero-order valence-corrected chi connectivity index (χ0v) is 13.8. The predicted molar refractivity (Wildman–Crippen MR) is 83.6 cm³/mol. The monoisotopic (exact) mass is 317 g/mol. The maximum Gasteiger partial charge on any atom is 0.340 e. The Morgan fingerprint density at radius 3 is 2.57 bits per heavy atom. The Balaban J connectivity index is 2.64. The van der Waals surface area contributed by atoms with Crippen LogP contribution in [0.3, 0.4) is 0 Å². The second-order valence-corrected chi connectivity index (χ2v) is 5.89. The van der Waals surface area contributed by atoms with Crippen LogP contribution in [0.4, 0.5) is 0 Å². The molecule has 0 radical (unpaired) electrons. The average molecular weight is 317 g/mol. The van der Waals surface area contributed by atoms with Gasteiger partial charge in [-0.3, -0.25) is 9.59 Å². The molecule has 2 heterocycles. The standard InChI is InChI=1S/C16H19N3O4/c1-8(2)16(4)15(22)18-13(19-16)12-11(14(21)23-5)6-10(7-20)9(3)17-12/h6-8H,1-5H3,(H,18,19,22). The minimum atomic E-state index is -0.929. The molecule has 0 spiro atoms. The van der Waals surface area contributed by atoms with Gasteiger partial charge in [0.05, 0.1) is 12.7 Å². The van der Waals surface area contributed by atoms with Crippen LogP contribution in [-0.4, -0.2) is 41.6 Å². The number of aryl methyl sites for hydroxylation is 1. The summed E-state index contributed by atoms with van der Waals surface area (Å²) in [6, 6.07) is 1.40. The fourth-order valence-electron chi connectivity index (χ4n) is 2.23. The van der Waals surface area contributed by atoms with Crippen molar-refractivity contribution >= 4 is 24.0 Å². The summed E-state index contributed by atoms with van der Waals surface area (Å²) in [5.41, 5.74) is 0.0927. The maximum absolute atomic E-state index is 12.3. The number of aldehydes is 1. The van der Waals surface area contributed by atoms with E-state index in [9.17, 15) is 14.4 Å². The van der Waals surface area contributed by atoms with Crippen molar-refractivity contribution in [2.24, 2.45) is 10.9 Å². The summed E-state index contributed by atoms with van der Waals surface area (Å²) >= 11 is 0. The number of aliphatic imine (C=N–C) groups is 1. The lowest BCUT2D eigenvalue weighted by atomic mass is 9.89. The van der Waals surface area contributed by atoms with Crippen LogP contribution < -0.4 is 5.32 Å². The number of nitrogens with zero attached hydrogens (tertiary/aromatic N) is 2. The van der Waals surface area contributed by atoms with E-state index in [1.807, 2.05) is 13.8 Å². The number of rotatable bonds is 4. The highest BCUT2D eigenvalue weighted by atomic mass is 16.5. The number of ether oxygens (including phenoxy) is 1. The Morgan fingerprint density at radius 1 is 1.43 bits per heavy atom. The van der Waals surface area contributed by atoms with Crippen molar-refractivity contribution in [3.8, 4) is 0 Å². The zero-order chi connectivity index (χ0) is 17.4. The highest BCUT2D eigenvalue weighted by Crippen LogP contribution is 2.27. The fraction of sp³-hybridized carbons (Fsp3) is 0.438. The van der Waals surface area contributed by atoms with Crippen LogP contribution in [0.5, 0.6) is 0 Å². The van der Waals surface area contributed by atoms with Gasteiger partial charge in [0.1, 0.15) is 11.2 Å². The van der Waals surface area contributed by atoms with Crippen molar-refractivity contribution in [3.63, 3.8) is 0 Å². The molecule has 1 aliphatic rings. The summed E-state index contributed by atoms with van der Waals surface area (Å²) in [6.07, 6.45) is 0.617. The van der Waals surface area contributed by atoms with Gasteiger partial charge in [0.2, 0.25) is 0 Å². The van der Waals surface area contributed by atoms with Gasteiger partial charge in [-0.25, -0.2) is 14.8 Å². The quantitative estimate of drug-likeness (QED) is 0.666. The van der Waals surface area contributed by atoms with Crippen molar-refractivity contribution in [1.29, 1.82) is 0 Å². The lowest BCUT2D eigenvalue weighted by Gasteiger charge is -2.21. The highest BCUT2D eigenvalue weighted by Gasteiger charge is 2.43. The summed E-state index contributed by atoms with van der Waals surface area (Å²) in [6.45, 7) is 7.15. The van der Waals surface area contributed by atoms with Crippen molar-refractivity contribution in [2.75, 3.05) is 7.11 Å². The van der Waals surface area contributed by atoms with Gasteiger partial charge < -0.3 is 10.1 Å². The molecule has 0 bridgehead atoms. The van der Waals surface area contributed by atoms with E-state index in [0.29, 0.717) is 12.0 Å². The number of hydrogen-bond acceptors (Lipinski definition) is 6. The van der Waals surface area contributed by atoms with Gasteiger partial charge in [-0.05, 0) is 25.8 Å². The molecule has 0 saturated heterocycles. The van der Waals surface area contributed by atoms with E-state index in [1.54, 1.807) is 13.8 Å². The number of esters is 1. The molecule has 0 aromatic carbocycles. The van der Waals surface area contributed by atoms with E-state index in [0.717, 1.165) is 0 Å². The smallest absolute Gasteiger partial charge is 0.340 e. The van der Waals surface area contributed by atoms with E-state index >= 15 is 0 Å². The van der Waals surface area contributed by atoms with Crippen molar-refractivity contribution in [2.45, 2.75) is 33.2 Å². The summed E-state index contributed by atoms with van der Waals surface area (Å²) < 4.78 is 4.74. The molecule has 1 aromatic heterocycles. The molecule has 1 unspecified atom stereocenters. The van der Waals surface area contributed by atoms with Gasteiger partial charge >= 0.3 is 5.97 Å². The molecule has 7 heteroatoms. The Bertz CT molecular complexity index is 724. The average Bonchev–Trinajstić information content (AvgIpc) is 2.83. The highest BCUT2D eigenvalue weighted by molar-refractivity contribution is 6.17. The molecule has 1 N–H and O–H groups in total. The van der Waals surface area contributed by atoms with Crippen molar-refractivity contribution < 1.29 is 19.1 Å². The minimum absolute atomic E-state index is 0.0306. The molecule has 0 saturated carbocycles. The SMILES string of the molecule is COC(=O)c1cc(C=O)c(C)nc1C1=NC(C)(C(C)C)C(=O)N1. The van der Waals surface area contributed by atoms with Gasteiger partial charge in [0, 0.05) is 11.3 Å². The first-order chi connectivity index (χ1) is 10.7. The number of pyridine rings is 1. The van der Waals surface area contributed by atoms with E-state index in [1.165, 1.54) is 13.2 Å². The van der Waals surface area contributed by atoms with E-state index < -0.39 is 11.5 Å². The van der Waals surface area contributed by atoms with E-state index in [-0.39, 0.29) is 34.5 Å². The molecular weight excluding hydrogens is 298 g/mol. The van der Waals surface area contributed by atoms with Crippen LogP contribution in [0.2, 0.25) is 0 Å². The molecule has 122 valence electrons. The molecule has 1 atom stereocenters. The lowest BCUT2D eigenvalue weighted by Crippen LogP contribution is -2.41. The van der Waals surface area contributed by atoms with Crippen LogP contribution in [0.1, 0.15) is 52.9 Å². The number of carbonyl (C=O) groups is 3. The largest absolute Gasteiger partial charge is 0.465 e. The topological polar surface area (TPSA) is 97.7 Å². The van der Waals surface area contributed by atoms with Crippen molar-refractivity contribution in [1.82, 2.24) is 10.3 Å². The third-order valence-corrected chi connectivity index (χ3v) is 4.17. The maximum atomic E-state index is 12.3. The van der Waals surface area contributed by atoms with Crippen LogP contribution in [0, 0.1) is 12.8 Å². The number of nitrogens with one attached hydrogen (secondary N) is 1. The third kappa shape index (κ3) is 2.74. The summed E-state index contributed by atoms with van der Waals surface area (Å²) in [5.74, 6) is -0.716. The number of methoxy groups -OCH3 is 1. The molecular formula is C16H19N3O4. The molecule has 23 heavy (non-hydrogen) atoms. The first-order valence-electron chi connectivity index (χ1n) is 7.21. The van der Waals surface area contributed by atoms with Crippen LogP contribution in [0.15, 0.2) is 11.1 Å². The fourth-order valence-corrected chi connectivity index (χ4v) is 2.23. The summed E-state index contributed by atoms with van der Waals surface area (Å²) in [5, 5.41) is 2.68. The molecule has 7 nitrogen and oxygen atoms in total. The second-order valence-electron chi connectivity index (χ2n) is 5.89. The zero-order valence-electron chi connectivity index (χ0n) is 13.8. The van der Waals surface area contributed by atoms with E-state index in [2.05, 4.69) is 15.3 Å². The second kappa shape index (κ2) is 5.91. The summed E-state index contributed by atoms with van der Waals surface area (Å²) in [7, 11) is 1.24. The Kier molecular flexibility index (Phi) is 4.31. The van der Waals surface area contributed by atoms with Gasteiger partial charge in [0.15, 0.2) is 12.1 Å². The molecule has 0 aliphatic carbocycles. The Morgan fingerprint density at radius 2 is 2.09 bits per heavy atom. The number of hydrogen-bond donors (Lipinski definition) is 1. The van der Waals surface area contributed by atoms with Gasteiger partial charge in [0.25, 0.3) is 5.91 Å². The Labute approximate surface area is 134 Å². The van der Waals surface area contributed by atoms with E-state index in [4.69, 9.17) is 4.74 Å². The molecule has 1 aliphatic heterocycles. The van der Waals surface area contributed by atoms with Crippen LogP contribution in [-0.2, 0) is 9.53 Å².